The summed E-state index contributed by atoms with van der Waals surface area (Å²) in [4.78, 5) is 4.49. The molecule has 5 heteroatoms. The first-order valence-electron chi connectivity index (χ1n) is 5.51. The highest BCUT2D eigenvalue weighted by Crippen LogP contribution is 2.36. The van der Waals surface area contributed by atoms with Crippen LogP contribution in [0.25, 0.3) is 0 Å². The van der Waals surface area contributed by atoms with Gasteiger partial charge in [-0.2, -0.15) is 16.7 Å². The summed E-state index contributed by atoms with van der Waals surface area (Å²) in [6.07, 6.45) is 3.72. The van der Waals surface area contributed by atoms with Crippen molar-refractivity contribution < 1.29 is 4.52 Å². The molecule has 0 radical (unpaired) electrons. The van der Waals surface area contributed by atoms with Crippen molar-refractivity contribution in [3.8, 4) is 0 Å². The number of nitrogens with zero attached hydrogens (tertiary/aromatic N) is 2. The highest BCUT2D eigenvalue weighted by Gasteiger charge is 2.32. The third-order valence-corrected chi connectivity index (χ3v) is 4.58. The molecule has 0 spiro atoms. The van der Waals surface area contributed by atoms with Crippen LogP contribution in [0.15, 0.2) is 4.52 Å². The topological polar surface area (TPSA) is 64.9 Å². The van der Waals surface area contributed by atoms with Crippen molar-refractivity contribution in [3.05, 3.63) is 11.7 Å². The van der Waals surface area contributed by atoms with Crippen LogP contribution in [0, 0.1) is 0 Å². The van der Waals surface area contributed by atoms with Crippen LogP contribution in [0.2, 0.25) is 0 Å². The first kappa shape index (κ1) is 9.66. The fraction of sp³-hybridized carbons (Fsp3) is 0.800. The average molecular weight is 225 g/mol. The summed E-state index contributed by atoms with van der Waals surface area (Å²) in [5.74, 6) is 4.51. The molecule has 82 valence electrons. The van der Waals surface area contributed by atoms with Crippen LogP contribution in [0.1, 0.15) is 42.8 Å². The van der Waals surface area contributed by atoms with Crippen molar-refractivity contribution in [2.24, 2.45) is 5.73 Å². The Bertz CT molecular complexity index is 350. The van der Waals surface area contributed by atoms with Crippen LogP contribution in [0.5, 0.6) is 0 Å². The van der Waals surface area contributed by atoms with Gasteiger partial charge in [-0.3, -0.25) is 0 Å². The second-order valence-corrected chi connectivity index (χ2v) is 5.50. The van der Waals surface area contributed by atoms with Gasteiger partial charge in [-0.1, -0.05) is 11.6 Å². The molecule has 1 saturated carbocycles. The van der Waals surface area contributed by atoms with E-state index in [2.05, 4.69) is 10.1 Å². The maximum Gasteiger partial charge on any atom is 0.232 e. The Morgan fingerprint density at radius 2 is 2.20 bits per heavy atom. The third kappa shape index (κ3) is 1.67. The molecule has 15 heavy (non-hydrogen) atoms. The third-order valence-electron chi connectivity index (χ3n) is 3.37. The Morgan fingerprint density at radius 3 is 2.80 bits per heavy atom. The Morgan fingerprint density at radius 1 is 1.33 bits per heavy atom. The van der Waals surface area contributed by atoms with Crippen LogP contribution in [-0.4, -0.2) is 27.7 Å². The maximum atomic E-state index is 5.99. The molecule has 1 aliphatic heterocycles. The summed E-state index contributed by atoms with van der Waals surface area (Å²) >= 11 is 1.87. The summed E-state index contributed by atoms with van der Waals surface area (Å²) in [7, 11) is 0. The predicted molar refractivity (Wildman–Crippen MR) is 58.9 cm³/mol. The molecule has 1 aromatic rings. The van der Waals surface area contributed by atoms with Crippen molar-refractivity contribution in [2.75, 3.05) is 11.5 Å². The van der Waals surface area contributed by atoms with Gasteiger partial charge in [0.25, 0.3) is 0 Å². The number of hydrogen-bond donors (Lipinski definition) is 1. The lowest BCUT2D eigenvalue weighted by Gasteiger charge is -2.21. The van der Waals surface area contributed by atoms with Crippen LogP contribution >= 0.6 is 11.8 Å². The Hall–Kier alpha value is -0.550. The molecule has 2 heterocycles. The Kier molecular flexibility index (Phi) is 2.44. The lowest BCUT2D eigenvalue weighted by atomic mass is 9.85. The van der Waals surface area contributed by atoms with Gasteiger partial charge in [-0.25, -0.2) is 0 Å². The van der Waals surface area contributed by atoms with Crippen LogP contribution < -0.4 is 5.73 Å². The molecule has 2 unspecified atom stereocenters. The zero-order valence-corrected chi connectivity index (χ0v) is 9.37. The van der Waals surface area contributed by atoms with E-state index in [0.29, 0.717) is 5.92 Å². The number of hydrogen-bond acceptors (Lipinski definition) is 5. The van der Waals surface area contributed by atoms with E-state index in [9.17, 15) is 0 Å². The van der Waals surface area contributed by atoms with Crippen molar-refractivity contribution in [2.45, 2.75) is 37.1 Å². The normalized spacial score (nSPS) is 31.8. The number of rotatable bonds is 2. The molecular formula is C10H15N3OS. The summed E-state index contributed by atoms with van der Waals surface area (Å²) in [5.41, 5.74) is 5.99. The summed E-state index contributed by atoms with van der Waals surface area (Å²) < 4.78 is 5.32. The minimum Gasteiger partial charge on any atom is -0.339 e. The SMILES string of the molecule is NC1CSCC1c1nc(C2CCC2)no1. The fourth-order valence-corrected chi connectivity index (χ4v) is 3.34. The quantitative estimate of drug-likeness (QED) is 0.826. The van der Waals surface area contributed by atoms with E-state index >= 15 is 0 Å². The monoisotopic (exact) mass is 225 g/mol. The Labute approximate surface area is 93.0 Å². The van der Waals surface area contributed by atoms with Gasteiger partial charge in [0.05, 0.1) is 5.92 Å². The standard InChI is InChI=1S/C10H15N3OS/c11-8-5-15-4-7(8)10-12-9(13-14-10)6-2-1-3-6/h6-8H,1-5,11H2. The van der Waals surface area contributed by atoms with Gasteiger partial charge in [0.2, 0.25) is 5.89 Å². The second kappa shape index (κ2) is 3.79. The fourth-order valence-electron chi connectivity index (χ4n) is 2.06. The van der Waals surface area contributed by atoms with Crippen molar-refractivity contribution >= 4 is 11.8 Å². The molecule has 2 N–H and O–H groups in total. The maximum absolute atomic E-state index is 5.99. The largest absolute Gasteiger partial charge is 0.339 e. The van der Waals surface area contributed by atoms with Gasteiger partial charge in [0.15, 0.2) is 5.82 Å². The van der Waals surface area contributed by atoms with Crippen molar-refractivity contribution in [1.29, 1.82) is 0 Å². The lowest BCUT2D eigenvalue weighted by Crippen LogP contribution is -2.26. The van der Waals surface area contributed by atoms with E-state index in [0.717, 1.165) is 23.2 Å². The first-order valence-corrected chi connectivity index (χ1v) is 6.67. The molecule has 0 amide bonds. The zero-order chi connectivity index (χ0) is 10.3. The highest BCUT2D eigenvalue weighted by molar-refractivity contribution is 7.99. The minimum absolute atomic E-state index is 0.185. The molecule has 2 aliphatic rings. The van der Waals surface area contributed by atoms with Gasteiger partial charge in [-0.15, -0.1) is 0 Å². The highest BCUT2D eigenvalue weighted by atomic mass is 32.2. The van der Waals surface area contributed by atoms with Gasteiger partial charge in [0.1, 0.15) is 0 Å². The molecule has 3 rings (SSSR count). The molecular weight excluding hydrogens is 210 g/mol. The van der Waals surface area contributed by atoms with Gasteiger partial charge < -0.3 is 10.3 Å². The number of aromatic nitrogens is 2. The zero-order valence-electron chi connectivity index (χ0n) is 8.56. The molecule has 4 nitrogen and oxygen atoms in total. The van der Waals surface area contributed by atoms with Gasteiger partial charge in [-0.05, 0) is 12.8 Å². The number of nitrogens with two attached hydrogens (primary N) is 1. The van der Waals surface area contributed by atoms with Crippen LogP contribution in [-0.2, 0) is 0 Å². The average Bonchev–Trinajstić information content (AvgIpc) is 2.70. The van der Waals surface area contributed by atoms with Gasteiger partial charge in [0, 0.05) is 23.5 Å². The first-order chi connectivity index (χ1) is 7.34. The summed E-state index contributed by atoms with van der Waals surface area (Å²) in [5, 5.41) is 4.07. The van der Waals surface area contributed by atoms with E-state index in [1.54, 1.807) is 0 Å². The smallest absolute Gasteiger partial charge is 0.232 e. The molecule has 1 aromatic heterocycles. The van der Waals surface area contributed by atoms with Crippen LogP contribution in [0.3, 0.4) is 0 Å². The second-order valence-electron chi connectivity index (χ2n) is 4.43. The van der Waals surface area contributed by atoms with E-state index in [1.807, 2.05) is 11.8 Å². The molecule has 2 fully saturated rings. The molecule has 2 atom stereocenters. The Balaban J connectivity index is 1.77. The van der Waals surface area contributed by atoms with Gasteiger partial charge >= 0.3 is 0 Å². The molecule has 1 saturated heterocycles. The van der Waals surface area contributed by atoms with E-state index in [1.165, 1.54) is 19.3 Å². The van der Waals surface area contributed by atoms with Crippen LogP contribution in [0.4, 0.5) is 0 Å². The van der Waals surface area contributed by atoms with E-state index in [4.69, 9.17) is 10.3 Å². The molecule has 0 bridgehead atoms. The number of thioether (sulfide) groups is 1. The minimum atomic E-state index is 0.185. The van der Waals surface area contributed by atoms with Crippen molar-refractivity contribution in [1.82, 2.24) is 10.1 Å². The summed E-state index contributed by atoms with van der Waals surface area (Å²) in [6, 6.07) is 0.185. The predicted octanol–water partition coefficient (Wildman–Crippen LogP) is 1.49. The molecule has 0 aromatic carbocycles. The van der Waals surface area contributed by atoms with E-state index < -0.39 is 0 Å². The molecule has 1 aliphatic carbocycles. The van der Waals surface area contributed by atoms with E-state index in [-0.39, 0.29) is 12.0 Å². The van der Waals surface area contributed by atoms with Crippen molar-refractivity contribution in [3.63, 3.8) is 0 Å². The summed E-state index contributed by atoms with van der Waals surface area (Å²) in [6.45, 7) is 0. The lowest BCUT2D eigenvalue weighted by molar-refractivity contribution is 0.333.